The first-order valence-corrected chi connectivity index (χ1v) is 7.82. The molecule has 0 aliphatic carbocycles. The Hall–Kier alpha value is -1.14. The number of amides is 2. The minimum absolute atomic E-state index is 0.0102. The van der Waals surface area contributed by atoms with E-state index in [9.17, 15) is 9.59 Å². The molecule has 0 aromatic rings. The zero-order valence-electron chi connectivity index (χ0n) is 13.2. The fraction of sp³-hybridized carbons (Fsp3) is 0.867. The van der Waals surface area contributed by atoms with Gasteiger partial charge in [-0.25, -0.2) is 0 Å². The van der Waals surface area contributed by atoms with Gasteiger partial charge in [0.15, 0.2) is 0 Å². The Balaban J connectivity index is 1.87. The molecule has 0 bridgehead atoms. The maximum atomic E-state index is 12.6. The summed E-state index contributed by atoms with van der Waals surface area (Å²) in [6, 6.07) is 0.429. The van der Waals surface area contributed by atoms with Crippen LogP contribution in [0.5, 0.6) is 0 Å². The number of nitrogens with zero attached hydrogens (tertiary/aromatic N) is 2. The van der Waals surface area contributed by atoms with Crippen molar-refractivity contribution < 1.29 is 14.7 Å². The molecule has 0 spiro atoms. The number of β-lactam (4-membered cyclic amide) rings is 1. The first-order chi connectivity index (χ1) is 9.95. The molecule has 3 atom stereocenters. The van der Waals surface area contributed by atoms with Crippen LogP contribution in [-0.4, -0.2) is 72.6 Å². The SMILES string of the molecule is C[C@@H](C(=O)N1CCC(N(C)C)CC1)[C@H]1NC(=O)[C@H]1CCO. The molecule has 2 rings (SSSR count). The Morgan fingerprint density at radius 3 is 2.52 bits per heavy atom. The highest BCUT2D eigenvalue weighted by atomic mass is 16.3. The number of hydrogen-bond donors (Lipinski definition) is 2. The van der Waals surface area contributed by atoms with E-state index in [1.54, 1.807) is 0 Å². The molecular formula is C15H27N3O3. The van der Waals surface area contributed by atoms with Crippen molar-refractivity contribution in [3.8, 4) is 0 Å². The first kappa shape index (κ1) is 16.2. The predicted molar refractivity (Wildman–Crippen MR) is 79.6 cm³/mol. The fourth-order valence-corrected chi connectivity index (χ4v) is 3.41. The molecule has 0 radical (unpaired) electrons. The lowest BCUT2D eigenvalue weighted by molar-refractivity contribution is -0.145. The number of rotatable bonds is 5. The fourth-order valence-electron chi connectivity index (χ4n) is 3.41. The number of aliphatic hydroxyl groups is 1. The quantitative estimate of drug-likeness (QED) is 0.682. The van der Waals surface area contributed by atoms with Crippen LogP contribution in [0.15, 0.2) is 0 Å². The molecule has 2 aliphatic heterocycles. The van der Waals surface area contributed by atoms with Gasteiger partial charge in [0, 0.05) is 25.7 Å². The van der Waals surface area contributed by atoms with Crippen LogP contribution in [0.4, 0.5) is 0 Å². The lowest BCUT2D eigenvalue weighted by atomic mass is 9.79. The van der Waals surface area contributed by atoms with Gasteiger partial charge in [0.25, 0.3) is 0 Å². The van der Waals surface area contributed by atoms with E-state index in [1.807, 2.05) is 11.8 Å². The third-order valence-electron chi connectivity index (χ3n) is 4.95. The summed E-state index contributed by atoms with van der Waals surface area (Å²) >= 11 is 0. The molecule has 2 fully saturated rings. The lowest BCUT2D eigenvalue weighted by Crippen LogP contribution is -2.63. The van der Waals surface area contributed by atoms with Crippen molar-refractivity contribution in [2.75, 3.05) is 33.8 Å². The third-order valence-corrected chi connectivity index (χ3v) is 4.95. The summed E-state index contributed by atoms with van der Waals surface area (Å²) < 4.78 is 0. The number of carbonyl (C=O) groups is 2. The standard InChI is InChI=1S/C15H27N3O3/c1-10(13-12(6-9-19)14(20)16-13)15(21)18-7-4-11(5-8-18)17(2)3/h10-13,19H,4-9H2,1-3H3,(H,16,20)/t10-,12+,13-/m1/s1. The van der Waals surface area contributed by atoms with Gasteiger partial charge in [0.1, 0.15) is 0 Å². The zero-order chi connectivity index (χ0) is 15.6. The van der Waals surface area contributed by atoms with Crippen molar-refractivity contribution in [1.29, 1.82) is 0 Å². The summed E-state index contributed by atoms with van der Waals surface area (Å²) in [5.41, 5.74) is 0. The van der Waals surface area contributed by atoms with E-state index < -0.39 is 0 Å². The van der Waals surface area contributed by atoms with E-state index in [1.165, 1.54) is 0 Å². The van der Waals surface area contributed by atoms with E-state index in [2.05, 4.69) is 24.3 Å². The van der Waals surface area contributed by atoms with Gasteiger partial charge < -0.3 is 20.2 Å². The van der Waals surface area contributed by atoms with Crippen molar-refractivity contribution in [2.45, 2.75) is 38.3 Å². The summed E-state index contributed by atoms with van der Waals surface area (Å²) in [6.45, 7) is 3.45. The minimum Gasteiger partial charge on any atom is -0.396 e. The Bertz CT molecular complexity index is 392. The molecule has 120 valence electrons. The van der Waals surface area contributed by atoms with Crippen LogP contribution < -0.4 is 5.32 Å². The number of nitrogens with one attached hydrogen (secondary N) is 1. The highest BCUT2D eigenvalue weighted by molar-refractivity contribution is 5.89. The van der Waals surface area contributed by atoms with Crippen LogP contribution in [0.3, 0.4) is 0 Å². The maximum Gasteiger partial charge on any atom is 0.227 e. The number of piperidine rings is 1. The van der Waals surface area contributed by atoms with Crippen LogP contribution >= 0.6 is 0 Å². The number of likely N-dealkylation sites (tertiary alicyclic amines) is 1. The molecule has 2 amide bonds. The van der Waals surface area contributed by atoms with Crippen molar-refractivity contribution in [2.24, 2.45) is 11.8 Å². The molecule has 2 aliphatic rings. The monoisotopic (exact) mass is 297 g/mol. The van der Waals surface area contributed by atoms with Crippen LogP contribution in [0.25, 0.3) is 0 Å². The summed E-state index contributed by atoms with van der Waals surface area (Å²) in [4.78, 5) is 28.2. The topological polar surface area (TPSA) is 72.9 Å². The van der Waals surface area contributed by atoms with E-state index >= 15 is 0 Å². The molecule has 0 saturated carbocycles. The average Bonchev–Trinajstić information content (AvgIpc) is 2.48. The van der Waals surface area contributed by atoms with Crippen molar-refractivity contribution >= 4 is 11.8 Å². The Morgan fingerprint density at radius 2 is 2.05 bits per heavy atom. The lowest BCUT2D eigenvalue weighted by Gasteiger charge is -2.42. The molecular weight excluding hydrogens is 270 g/mol. The van der Waals surface area contributed by atoms with Crippen LogP contribution in [0.2, 0.25) is 0 Å². The van der Waals surface area contributed by atoms with E-state index in [4.69, 9.17) is 5.11 Å². The number of carbonyl (C=O) groups excluding carboxylic acids is 2. The molecule has 0 aromatic carbocycles. The summed E-state index contributed by atoms with van der Waals surface area (Å²) in [5.74, 6) is -0.344. The molecule has 2 saturated heterocycles. The first-order valence-electron chi connectivity index (χ1n) is 7.82. The van der Waals surface area contributed by atoms with Gasteiger partial charge in [0.05, 0.1) is 17.9 Å². The molecule has 2 N–H and O–H groups in total. The van der Waals surface area contributed by atoms with Gasteiger partial charge in [-0.15, -0.1) is 0 Å². The average molecular weight is 297 g/mol. The normalized spacial score (nSPS) is 28.2. The second kappa shape index (κ2) is 6.75. The van der Waals surface area contributed by atoms with Crippen LogP contribution in [0, 0.1) is 11.8 Å². The Morgan fingerprint density at radius 1 is 1.43 bits per heavy atom. The summed E-state index contributed by atoms with van der Waals surface area (Å²) in [6.07, 6.45) is 2.45. The summed E-state index contributed by atoms with van der Waals surface area (Å²) in [7, 11) is 4.16. The molecule has 0 aromatic heterocycles. The third kappa shape index (κ3) is 3.37. The molecule has 2 heterocycles. The molecule has 0 unspecified atom stereocenters. The highest BCUT2D eigenvalue weighted by Crippen LogP contribution is 2.27. The maximum absolute atomic E-state index is 12.6. The molecule has 6 nitrogen and oxygen atoms in total. The van der Waals surface area contributed by atoms with E-state index in [0.717, 1.165) is 25.9 Å². The van der Waals surface area contributed by atoms with Crippen molar-refractivity contribution in [1.82, 2.24) is 15.1 Å². The second-order valence-electron chi connectivity index (χ2n) is 6.46. The van der Waals surface area contributed by atoms with Gasteiger partial charge in [-0.2, -0.15) is 0 Å². The second-order valence-corrected chi connectivity index (χ2v) is 6.46. The highest BCUT2D eigenvalue weighted by Gasteiger charge is 2.45. The van der Waals surface area contributed by atoms with Crippen LogP contribution in [-0.2, 0) is 9.59 Å². The van der Waals surface area contributed by atoms with E-state index in [0.29, 0.717) is 12.5 Å². The Kier molecular flexibility index (Phi) is 5.22. The van der Waals surface area contributed by atoms with Crippen molar-refractivity contribution in [3.05, 3.63) is 0 Å². The van der Waals surface area contributed by atoms with Crippen LogP contribution in [0.1, 0.15) is 26.2 Å². The van der Waals surface area contributed by atoms with Gasteiger partial charge in [-0.05, 0) is 33.4 Å². The van der Waals surface area contributed by atoms with Gasteiger partial charge >= 0.3 is 0 Å². The Labute approximate surface area is 126 Å². The predicted octanol–water partition coefficient (Wildman–Crippen LogP) is -0.328. The zero-order valence-corrected chi connectivity index (χ0v) is 13.2. The largest absolute Gasteiger partial charge is 0.396 e. The summed E-state index contributed by atoms with van der Waals surface area (Å²) in [5, 5.41) is 11.8. The molecule has 6 heteroatoms. The van der Waals surface area contributed by atoms with Crippen molar-refractivity contribution in [3.63, 3.8) is 0 Å². The van der Waals surface area contributed by atoms with Gasteiger partial charge in [-0.3, -0.25) is 9.59 Å². The number of hydrogen-bond acceptors (Lipinski definition) is 4. The molecule has 21 heavy (non-hydrogen) atoms. The number of aliphatic hydroxyl groups excluding tert-OH is 1. The smallest absolute Gasteiger partial charge is 0.227 e. The van der Waals surface area contributed by atoms with E-state index in [-0.39, 0.29) is 36.3 Å². The van der Waals surface area contributed by atoms with Gasteiger partial charge in [0.2, 0.25) is 11.8 Å². The van der Waals surface area contributed by atoms with Gasteiger partial charge in [-0.1, -0.05) is 6.92 Å². The minimum atomic E-state index is -0.215.